The van der Waals surface area contributed by atoms with Gasteiger partial charge >= 0.3 is 5.69 Å². The summed E-state index contributed by atoms with van der Waals surface area (Å²) in [6.07, 6.45) is 1.72. The molecule has 1 saturated heterocycles. The predicted octanol–water partition coefficient (Wildman–Crippen LogP) is 3.65. The molecule has 3 heterocycles. The second-order valence-electron chi connectivity index (χ2n) is 7.02. The number of anilines is 1. The summed E-state index contributed by atoms with van der Waals surface area (Å²) in [7, 11) is 0. The number of H-pyrrole nitrogens is 2. The lowest BCUT2D eigenvalue weighted by atomic mass is 10.1. The Morgan fingerprint density at radius 2 is 1.59 bits per heavy atom. The van der Waals surface area contributed by atoms with Crippen LogP contribution in [0.25, 0.3) is 33.3 Å². The highest BCUT2D eigenvalue weighted by atomic mass is 19.1. The van der Waals surface area contributed by atoms with Crippen LogP contribution in [-0.2, 0) is 0 Å². The Morgan fingerprint density at radius 3 is 2.28 bits per heavy atom. The van der Waals surface area contributed by atoms with E-state index in [4.69, 9.17) is 4.42 Å². The Balaban J connectivity index is 1.74. The second-order valence-corrected chi connectivity index (χ2v) is 7.02. The molecule has 0 radical (unpaired) electrons. The molecular weight excluding hydrogens is 387 g/mol. The number of fused-ring (bicyclic) bond motifs is 3. The van der Waals surface area contributed by atoms with E-state index in [0.29, 0.717) is 13.1 Å². The Hall–Kier alpha value is -3.49. The number of nitrogens with one attached hydrogen (secondary N) is 2. The first-order chi connectivity index (χ1) is 13.9. The van der Waals surface area contributed by atoms with Crippen molar-refractivity contribution in [2.75, 3.05) is 18.0 Å². The Morgan fingerprint density at radius 1 is 0.897 bits per heavy atom. The van der Waals surface area contributed by atoms with Crippen molar-refractivity contribution in [2.45, 2.75) is 12.8 Å². The van der Waals surface area contributed by atoms with Gasteiger partial charge in [-0.3, -0.25) is 4.79 Å². The lowest BCUT2D eigenvalue weighted by Gasteiger charge is -2.19. The number of hydrogen-bond acceptors (Lipinski definition) is 4. The fourth-order valence-electron chi connectivity index (χ4n) is 3.87. The zero-order chi connectivity index (χ0) is 20.3. The number of nitrogens with zero attached hydrogens (tertiary/aromatic N) is 1. The van der Waals surface area contributed by atoms with Gasteiger partial charge in [-0.25, -0.2) is 18.0 Å². The minimum absolute atomic E-state index is 0.00255. The van der Waals surface area contributed by atoms with Crippen molar-refractivity contribution in [3.05, 3.63) is 62.4 Å². The minimum atomic E-state index is -0.871. The van der Waals surface area contributed by atoms with E-state index in [1.807, 2.05) is 0 Å². The molecule has 4 aromatic rings. The Bertz CT molecular complexity index is 1370. The summed E-state index contributed by atoms with van der Waals surface area (Å²) < 4.78 is 49.3. The molecule has 6 nitrogen and oxygen atoms in total. The molecule has 0 unspecified atom stereocenters. The Kier molecular flexibility index (Phi) is 3.80. The van der Waals surface area contributed by atoms with Crippen LogP contribution in [-0.4, -0.2) is 23.1 Å². The number of aromatic nitrogens is 2. The fraction of sp³-hybridized carbons (Fsp3) is 0.200. The lowest BCUT2D eigenvalue weighted by Crippen LogP contribution is -2.20. The summed E-state index contributed by atoms with van der Waals surface area (Å²) in [4.78, 5) is 30.5. The van der Waals surface area contributed by atoms with Gasteiger partial charge in [-0.1, -0.05) is 0 Å². The first-order valence-corrected chi connectivity index (χ1v) is 9.05. The highest BCUT2D eigenvalue weighted by Gasteiger charge is 2.23. The molecule has 1 aliphatic rings. The van der Waals surface area contributed by atoms with Crippen molar-refractivity contribution in [1.82, 2.24) is 9.97 Å². The van der Waals surface area contributed by atoms with Crippen LogP contribution in [0.2, 0.25) is 0 Å². The molecule has 9 heteroatoms. The number of hydrogen-bond donors (Lipinski definition) is 2. The van der Waals surface area contributed by atoms with Crippen molar-refractivity contribution >= 4 is 27.7 Å². The standard InChI is InChI=1S/C20H14F3N3O3/c21-10-7-13-17(25-20(28)24-13)19-16(10)14(27)8-15(29-19)9-5-11(22)18(12(23)6-9)26-3-1-2-4-26/h5-8H,1-4H2,(H2,24,25,28). The largest absolute Gasteiger partial charge is 0.453 e. The van der Waals surface area contributed by atoms with E-state index < -0.39 is 28.6 Å². The molecule has 0 atom stereocenters. The smallest absolute Gasteiger partial charge is 0.323 e. The average Bonchev–Trinajstić information content (AvgIpc) is 3.30. The monoisotopic (exact) mass is 401 g/mol. The maximum atomic E-state index is 14.7. The van der Waals surface area contributed by atoms with Gasteiger partial charge in [-0.15, -0.1) is 0 Å². The molecule has 0 amide bonds. The van der Waals surface area contributed by atoms with Crippen molar-refractivity contribution < 1.29 is 17.6 Å². The summed E-state index contributed by atoms with van der Waals surface area (Å²) in [6, 6.07) is 4.15. The van der Waals surface area contributed by atoms with Crippen LogP contribution >= 0.6 is 0 Å². The normalized spacial score (nSPS) is 14.4. The third-order valence-corrected chi connectivity index (χ3v) is 5.16. The molecule has 5 rings (SSSR count). The quantitative estimate of drug-likeness (QED) is 0.537. The van der Waals surface area contributed by atoms with Crippen LogP contribution in [0, 0.1) is 17.5 Å². The summed E-state index contributed by atoms with van der Waals surface area (Å²) in [5, 5.41) is -0.355. The van der Waals surface area contributed by atoms with Crippen molar-refractivity contribution in [3.8, 4) is 11.3 Å². The zero-order valence-electron chi connectivity index (χ0n) is 14.9. The van der Waals surface area contributed by atoms with E-state index in [2.05, 4.69) is 9.97 Å². The first-order valence-electron chi connectivity index (χ1n) is 9.05. The van der Waals surface area contributed by atoms with E-state index in [0.717, 1.165) is 37.1 Å². The average molecular weight is 401 g/mol. The molecule has 0 aliphatic carbocycles. The van der Waals surface area contributed by atoms with Crippen LogP contribution in [0.3, 0.4) is 0 Å². The van der Waals surface area contributed by atoms with Crippen LogP contribution in [0.1, 0.15) is 12.8 Å². The highest BCUT2D eigenvalue weighted by molar-refractivity contribution is 6.00. The van der Waals surface area contributed by atoms with Gasteiger partial charge < -0.3 is 19.3 Å². The van der Waals surface area contributed by atoms with E-state index in [1.165, 1.54) is 0 Å². The van der Waals surface area contributed by atoms with Crippen molar-refractivity contribution in [3.63, 3.8) is 0 Å². The number of aromatic amines is 2. The van der Waals surface area contributed by atoms with Crippen molar-refractivity contribution in [1.29, 1.82) is 0 Å². The van der Waals surface area contributed by atoms with Crippen LogP contribution in [0.5, 0.6) is 0 Å². The van der Waals surface area contributed by atoms with E-state index in [9.17, 15) is 22.8 Å². The van der Waals surface area contributed by atoms with Gasteiger partial charge in [0.2, 0.25) is 0 Å². The van der Waals surface area contributed by atoms with Gasteiger partial charge in [0, 0.05) is 30.8 Å². The van der Waals surface area contributed by atoms with Gasteiger partial charge in [0.1, 0.15) is 39.8 Å². The summed E-state index contributed by atoms with van der Waals surface area (Å²) in [5.41, 5.74) is -1.44. The third kappa shape index (κ3) is 2.72. The number of imidazole rings is 1. The molecule has 29 heavy (non-hydrogen) atoms. The van der Waals surface area contributed by atoms with E-state index in [-0.39, 0.29) is 39.0 Å². The molecule has 1 aliphatic heterocycles. The fourth-order valence-corrected chi connectivity index (χ4v) is 3.87. The first kappa shape index (κ1) is 17.6. The molecule has 0 spiro atoms. The van der Waals surface area contributed by atoms with Crippen LogP contribution in [0.15, 0.2) is 38.3 Å². The van der Waals surface area contributed by atoms with E-state index in [1.54, 1.807) is 4.90 Å². The van der Waals surface area contributed by atoms with Gasteiger partial charge in [0.15, 0.2) is 11.0 Å². The highest BCUT2D eigenvalue weighted by Crippen LogP contribution is 2.33. The molecule has 1 fully saturated rings. The maximum absolute atomic E-state index is 14.7. The van der Waals surface area contributed by atoms with E-state index >= 15 is 0 Å². The SMILES string of the molecule is O=c1[nH]c2cc(F)c3c(=O)cc(-c4cc(F)c(N5CCCC5)c(F)c4)oc3c2[nH]1. The van der Waals surface area contributed by atoms with Crippen LogP contribution < -0.4 is 16.0 Å². The Labute approximate surface area is 160 Å². The minimum Gasteiger partial charge on any atom is -0.453 e. The maximum Gasteiger partial charge on any atom is 0.323 e. The molecule has 0 bridgehead atoms. The molecule has 2 aromatic heterocycles. The van der Waals surface area contributed by atoms with Crippen LogP contribution in [0.4, 0.5) is 18.9 Å². The summed E-state index contributed by atoms with van der Waals surface area (Å²) >= 11 is 0. The molecular formula is C20H14F3N3O3. The van der Waals surface area contributed by atoms with Gasteiger partial charge in [0.25, 0.3) is 0 Å². The predicted molar refractivity (Wildman–Crippen MR) is 102 cm³/mol. The number of halogens is 3. The number of benzene rings is 2. The molecule has 2 N–H and O–H groups in total. The topological polar surface area (TPSA) is 82.1 Å². The van der Waals surface area contributed by atoms with Crippen molar-refractivity contribution in [2.24, 2.45) is 0 Å². The third-order valence-electron chi connectivity index (χ3n) is 5.16. The molecule has 2 aromatic carbocycles. The van der Waals surface area contributed by atoms with Gasteiger partial charge in [-0.2, -0.15) is 0 Å². The molecule has 0 saturated carbocycles. The summed E-state index contributed by atoms with van der Waals surface area (Å²) in [6.45, 7) is 1.13. The second kappa shape index (κ2) is 6.26. The molecule has 148 valence electrons. The van der Waals surface area contributed by atoms with Gasteiger partial charge in [-0.05, 0) is 25.0 Å². The lowest BCUT2D eigenvalue weighted by molar-refractivity contribution is 0.573. The summed E-state index contributed by atoms with van der Waals surface area (Å²) in [5.74, 6) is -2.56. The number of rotatable bonds is 2. The zero-order valence-corrected chi connectivity index (χ0v) is 14.9. The van der Waals surface area contributed by atoms with Gasteiger partial charge in [0.05, 0.1) is 5.52 Å².